The van der Waals surface area contributed by atoms with Gasteiger partial charge in [-0.25, -0.2) is 16.8 Å². The average molecular weight is 470 g/mol. The first-order chi connectivity index (χ1) is 14.6. The van der Waals surface area contributed by atoms with Crippen molar-refractivity contribution in [3.8, 4) is 5.75 Å². The Morgan fingerprint density at radius 1 is 1.00 bits per heavy atom. The second-order valence-electron chi connectivity index (χ2n) is 6.97. The van der Waals surface area contributed by atoms with Crippen LogP contribution in [0, 0.1) is 10.1 Å². The summed E-state index contributed by atoms with van der Waals surface area (Å²) in [4.78, 5) is 12.2. The van der Waals surface area contributed by atoms with Crippen LogP contribution in [0.4, 0.5) is 5.69 Å². The van der Waals surface area contributed by atoms with Gasteiger partial charge in [-0.1, -0.05) is 18.2 Å². The van der Waals surface area contributed by atoms with E-state index in [-0.39, 0.29) is 35.2 Å². The standard InChI is InChI=1S/C19H23N3O7S2/c1-29-16-5-4-6-17(15-16)30(25,26)14-13-20-9-11-21(12-10-20)31(27,28)19-8-3-2-7-18(19)22(23)24/h2-8,15H,9-14H2,1H3. The van der Waals surface area contributed by atoms with Gasteiger partial charge in [-0.15, -0.1) is 0 Å². The van der Waals surface area contributed by atoms with Gasteiger partial charge < -0.3 is 4.74 Å². The van der Waals surface area contributed by atoms with E-state index in [1.807, 2.05) is 4.90 Å². The summed E-state index contributed by atoms with van der Waals surface area (Å²) < 4.78 is 57.2. The minimum atomic E-state index is -4.02. The number of para-hydroxylation sites is 1. The van der Waals surface area contributed by atoms with Gasteiger partial charge in [0.25, 0.3) is 5.69 Å². The number of hydrogen-bond acceptors (Lipinski definition) is 8. The highest BCUT2D eigenvalue weighted by Crippen LogP contribution is 2.27. The van der Waals surface area contributed by atoms with Crippen molar-refractivity contribution in [2.24, 2.45) is 0 Å². The van der Waals surface area contributed by atoms with Gasteiger partial charge in [0.1, 0.15) is 5.75 Å². The molecular formula is C19H23N3O7S2. The third-order valence-corrected chi connectivity index (χ3v) is 8.73. The molecule has 2 aromatic carbocycles. The number of rotatable bonds is 8. The van der Waals surface area contributed by atoms with Gasteiger partial charge in [0.05, 0.1) is 22.7 Å². The van der Waals surface area contributed by atoms with Crippen LogP contribution in [0.25, 0.3) is 0 Å². The molecule has 1 aliphatic rings. The van der Waals surface area contributed by atoms with Crippen LogP contribution in [0.1, 0.15) is 0 Å². The van der Waals surface area contributed by atoms with E-state index in [9.17, 15) is 26.9 Å². The molecule has 1 aliphatic heterocycles. The molecule has 0 amide bonds. The molecule has 0 N–H and O–H groups in total. The number of sulfone groups is 1. The molecule has 0 bridgehead atoms. The Bertz CT molecular complexity index is 1160. The number of methoxy groups -OCH3 is 1. The van der Waals surface area contributed by atoms with E-state index >= 15 is 0 Å². The van der Waals surface area contributed by atoms with E-state index in [1.165, 1.54) is 41.7 Å². The Hall–Kier alpha value is -2.54. The highest BCUT2D eigenvalue weighted by atomic mass is 32.2. The molecule has 0 aliphatic carbocycles. The summed E-state index contributed by atoms with van der Waals surface area (Å²) in [7, 11) is -6.08. The van der Waals surface area contributed by atoms with Crippen LogP contribution >= 0.6 is 0 Å². The fourth-order valence-corrected chi connectivity index (χ4v) is 6.22. The molecule has 2 aromatic rings. The number of nitrogens with zero attached hydrogens (tertiary/aromatic N) is 3. The molecule has 31 heavy (non-hydrogen) atoms. The van der Waals surface area contributed by atoms with Gasteiger partial charge >= 0.3 is 0 Å². The molecule has 0 saturated carbocycles. The van der Waals surface area contributed by atoms with Crippen LogP contribution in [-0.4, -0.2) is 76.6 Å². The fraction of sp³-hybridized carbons (Fsp3) is 0.368. The van der Waals surface area contributed by atoms with Gasteiger partial charge in [0, 0.05) is 38.8 Å². The maximum Gasteiger partial charge on any atom is 0.289 e. The summed E-state index contributed by atoms with van der Waals surface area (Å²) in [5, 5.41) is 11.2. The molecule has 168 valence electrons. The molecule has 12 heteroatoms. The number of hydrogen-bond donors (Lipinski definition) is 0. The summed E-state index contributed by atoms with van der Waals surface area (Å²) in [6.45, 7) is 1.14. The van der Waals surface area contributed by atoms with Crippen molar-refractivity contribution in [2.75, 3.05) is 45.6 Å². The molecule has 1 heterocycles. The first-order valence-corrected chi connectivity index (χ1v) is 12.6. The lowest BCUT2D eigenvalue weighted by molar-refractivity contribution is -0.387. The van der Waals surface area contributed by atoms with E-state index in [2.05, 4.69) is 0 Å². The Kier molecular flexibility index (Phi) is 6.94. The second-order valence-corrected chi connectivity index (χ2v) is 11.0. The number of sulfonamides is 1. The van der Waals surface area contributed by atoms with Gasteiger partial charge in [-0.05, 0) is 24.3 Å². The van der Waals surface area contributed by atoms with Crippen molar-refractivity contribution < 1.29 is 26.5 Å². The zero-order valence-corrected chi connectivity index (χ0v) is 18.5. The number of nitro groups is 1. The summed E-state index contributed by atoms with van der Waals surface area (Å²) in [6.07, 6.45) is 0. The summed E-state index contributed by atoms with van der Waals surface area (Å²) in [5.74, 6) is 0.340. The van der Waals surface area contributed by atoms with Crippen LogP contribution in [0.3, 0.4) is 0 Å². The predicted octanol–water partition coefficient (Wildman–Crippen LogP) is 1.38. The third kappa shape index (κ3) is 5.21. The Morgan fingerprint density at radius 2 is 1.68 bits per heavy atom. The normalized spacial score (nSPS) is 16.2. The molecule has 0 unspecified atom stereocenters. The van der Waals surface area contributed by atoms with Gasteiger partial charge in [0.15, 0.2) is 14.7 Å². The fourth-order valence-electron chi connectivity index (χ4n) is 3.32. The lowest BCUT2D eigenvalue weighted by Gasteiger charge is -2.33. The maximum absolute atomic E-state index is 12.9. The molecule has 0 radical (unpaired) electrons. The Labute approximate surface area is 181 Å². The number of nitro benzene ring substituents is 1. The van der Waals surface area contributed by atoms with Crippen LogP contribution in [0.5, 0.6) is 5.75 Å². The summed E-state index contributed by atoms with van der Waals surface area (Å²) in [6, 6.07) is 11.5. The minimum Gasteiger partial charge on any atom is -0.497 e. The first kappa shape index (κ1) is 23.1. The highest BCUT2D eigenvalue weighted by Gasteiger charge is 2.33. The minimum absolute atomic E-state index is 0.114. The third-order valence-electron chi connectivity index (χ3n) is 5.09. The van der Waals surface area contributed by atoms with Gasteiger partial charge in [0.2, 0.25) is 10.0 Å². The van der Waals surface area contributed by atoms with E-state index in [0.29, 0.717) is 18.8 Å². The van der Waals surface area contributed by atoms with E-state index in [4.69, 9.17) is 4.74 Å². The maximum atomic E-state index is 12.9. The molecule has 0 atom stereocenters. The first-order valence-electron chi connectivity index (χ1n) is 9.48. The van der Waals surface area contributed by atoms with Crippen molar-refractivity contribution in [3.63, 3.8) is 0 Å². The molecular weight excluding hydrogens is 446 g/mol. The van der Waals surface area contributed by atoms with Gasteiger partial charge in [-0.2, -0.15) is 4.31 Å². The average Bonchev–Trinajstić information content (AvgIpc) is 2.78. The van der Waals surface area contributed by atoms with Crippen LogP contribution in [0.2, 0.25) is 0 Å². The van der Waals surface area contributed by atoms with Crippen LogP contribution in [-0.2, 0) is 19.9 Å². The number of ether oxygens (including phenoxy) is 1. The predicted molar refractivity (Wildman–Crippen MR) is 113 cm³/mol. The van der Waals surface area contributed by atoms with E-state index < -0.39 is 30.5 Å². The monoisotopic (exact) mass is 469 g/mol. The smallest absolute Gasteiger partial charge is 0.289 e. The van der Waals surface area contributed by atoms with E-state index in [1.54, 1.807) is 12.1 Å². The Morgan fingerprint density at radius 3 is 2.32 bits per heavy atom. The number of piperazine rings is 1. The zero-order valence-electron chi connectivity index (χ0n) is 16.9. The molecule has 1 saturated heterocycles. The van der Waals surface area contributed by atoms with Crippen molar-refractivity contribution in [1.29, 1.82) is 0 Å². The number of benzene rings is 2. The summed E-state index contributed by atoms with van der Waals surface area (Å²) >= 11 is 0. The SMILES string of the molecule is COc1cccc(S(=O)(=O)CCN2CCN(S(=O)(=O)c3ccccc3[N+](=O)[O-])CC2)c1. The van der Waals surface area contributed by atoms with Gasteiger partial charge in [-0.3, -0.25) is 15.0 Å². The highest BCUT2D eigenvalue weighted by molar-refractivity contribution is 7.91. The lowest BCUT2D eigenvalue weighted by atomic mass is 10.3. The molecule has 10 nitrogen and oxygen atoms in total. The van der Waals surface area contributed by atoms with E-state index in [0.717, 1.165) is 6.07 Å². The van der Waals surface area contributed by atoms with Crippen molar-refractivity contribution in [3.05, 3.63) is 58.6 Å². The molecule has 1 fully saturated rings. The largest absolute Gasteiger partial charge is 0.497 e. The summed E-state index contributed by atoms with van der Waals surface area (Å²) in [5.41, 5.74) is -0.464. The Balaban J connectivity index is 1.63. The van der Waals surface area contributed by atoms with Crippen LogP contribution < -0.4 is 4.74 Å². The quantitative estimate of drug-likeness (QED) is 0.419. The molecule has 3 rings (SSSR count). The topological polar surface area (TPSA) is 127 Å². The molecule has 0 aromatic heterocycles. The van der Waals surface area contributed by atoms with Crippen molar-refractivity contribution in [1.82, 2.24) is 9.21 Å². The lowest BCUT2D eigenvalue weighted by Crippen LogP contribution is -2.49. The van der Waals surface area contributed by atoms with Crippen LogP contribution in [0.15, 0.2) is 58.3 Å². The second kappa shape index (κ2) is 9.30. The zero-order chi connectivity index (χ0) is 22.6. The van der Waals surface area contributed by atoms with Crippen molar-refractivity contribution in [2.45, 2.75) is 9.79 Å². The molecule has 0 spiro atoms. The van der Waals surface area contributed by atoms with Crippen molar-refractivity contribution >= 4 is 25.5 Å².